The number of fused-ring (bicyclic) bond motifs is 8. The zero-order chi connectivity index (χ0) is 38.2. The quantitative estimate of drug-likeness (QED) is 0.176. The van der Waals surface area contributed by atoms with Gasteiger partial charge in [0.25, 0.3) is 0 Å². The summed E-state index contributed by atoms with van der Waals surface area (Å²) in [6, 6.07) is 65.2. The SMILES string of the molecule is c1ccc2cc(-c3ccc(-c4nc(-c5ccc6ccccc6c5)nc(-c5cccc6oc7ccc(-c8cccc9c8oc8ccccc89)cc7c56)n4)cc3)ccc2c1. The van der Waals surface area contributed by atoms with E-state index in [0.717, 1.165) is 93.6 Å². The summed E-state index contributed by atoms with van der Waals surface area (Å²) in [5, 5.41) is 8.84. The fourth-order valence-electron chi connectivity index (χ4n) is 8.42. The van der Waals surface area contributed by atoms with E-state index in [1.54, 1.807) is 0 Å². The summed E-state index contributed by atoms with van der Waals surface area (Å²) >= 11 is 0. The fraction of sp³-hybridized carbons (Fsp3) is 0. The third-order valence-corrected chi connectivity index (χ3v) is 11.3. The van der Waals surface area contributed by atoms with Crippen LogP contribution in [0, 0.1) is 0 Å². The highest BCUT2D eigenvalue weighted by Gasteiger charge is 2.20. The monoisotopic (exact) mass is 741 g/mol. The van der Waals surface area contributed by atoms with Gasteiger partial charge in [0.1, 0.15) is 22.3 Å². The van der Waals surface area contributed by atoms with Crippen molar-refractivity contribution in [2.45, 2.75) is 0 Å². The van der Waals surface area contributed by atoms with Crippen molar-refractivity contribution >= 4 is 65.4 Å². The van der Waals surface area contributed by atoms with Gasteiger partial charge in [-0.25, -0.2) is 15.0 Å². The summed E-state index contributed by atoms with van der Waals surface area (Å²) in [7, 11) is 0. The third-order valence-electron chi connectivity index (χ3n) is 11.3. The van der Waals surface area contributed by atoms with Crippen molar-refractivity contribution < 1.29 is 8.83 Å². The van der Waals surface area contributed by atoms with Crippen LogP contribution in [0.25, 0.3) is 122 Å². The van der Waals surface area contributed by atoms with Gasteiger partial charge in [0.05, 0.1) is 0 Å². The van der Waals surface area contributed by atoms with Gasteiger partial charge < -0.3 is 8.83 Å². The molecule has 5 nitrogen and oxygen atoms in total. The minimum Gasteiger partial charge on any atom is -0.456 e. The molecule has 5 heteroatoms. The van der Waals surface area contributed by atoms with Crippen LogP contribution >= 0.6 is 0 Å². The molecular formula is C53H31N3O2. The van der Waals surface area contributed by atoms with Gasteiger partial charge in [-0.1, -0.05) is 152 Å². The maximum absolute atomic E-state index is 6.51. The van der Waals surface area contributed by atoms with E-state index in [2.05, 4.69) is 152 Å². The smallest absolute Gasteiger partial charge is 0.164 e. The molecule has 0 radical (unpaired) electrons. The van der Waals surface area contributed by atoms with Crippen LogP contribution in [-0.2, 0) is 0 Å². The Bertz CT molecular complexity index is 3580. The number of nitrogens with zero attached hydrogens (tertiary/aromatic N) is 3. The van der Waals surface area contributed by atoms with Gasteiger partial charge in [-0.2, -0.15) is 0 Å². The maximum atomic E-state index is 6.51. The number of benzene rings is 9. The molecule has 3 heterocycles. The lowest BCUT2D eigenvalue weighted by Gasteiger charge is -2.11. The first-order valence-corrected chi connectivity index (χ1v) is 19.4. The number of para-hydroxylation sites is 2. The molecule has 0 unspecified atom stereocenters. The highest BCUT2D eigenvalue weighted by Crippen LogP contribution is 2.41. The van der Waals surface area contributed by atoms with Gasteiger partial charge >= 0.3 is 0 Å². The van der Waals surface area contributed by atoms with E-state index in [1.165, 1.54) is 10.8 Å². The lowest BCUT2D eigenvalue weighted by molar-refractivity contribution is 0.668. The zero-order valence-electron chi connectivity index (χ0n) is 31.1. The Morgan fingerprint density at radius 3 is 1.66 bits per heavy atom. The van der Waals surface area contributed by atoms with Crippen LogP contribution in [0.15, 0.2) is 197 Å². The van der Waals surface area contributed by atoms with Gasteiger partial charge in [0, 0.05) is 43.8 Å². The van der Waals surface area contributed by atoms with Crippen molar-refractivity contribution in [1.82, 2.24) is 15.0 Å². The minimum absolute atomic E-state index is 0.574. The van der Waals surface area contributed by atoms with Gasteiger partial charge in [-0.15, -0.1) is 0 Å². The molecule has 0 spiro atoms. The van der Waals surface area contributed by atoms with Crippen molar-refractivity contribution in [2.75, 3.05) is 0 Å². The van der Waals surface area contributed by atoms with E-state index in [0.29, 0.717) is 17.5 Å². The topological polar surface area (TPSA) is 65.0 Å². The molecule has 0 aliphatic carbocycles. The van der Waals surface area contributed by atoms with Crippen molar-refractivity contribution in [2.24, 2.45) is 0 Å². The van der Waals surface area contributed by atoms with E-state index in [-0.39, 0.29) is 0 Å². The summed E-state index contributed by atoms with van der Waals surface area (Å²) in [6.07, 6.45) is 0. The average molecular weight is 742 g/mol. The van der Waals surface area contributed by atoms with Crippen molar-refractivity contribution in [3.63, 3.8) is 0 Å². The predicted molar refractivity (Wildman–Crippen MR) is 237 cm³/mol. The molecule has 0 atom stereocenters. The van der Waals surface area contributed by atoms with E-state index >= 15 is 0 Å². The van der Waals surface area contributed by atoms with Crippen molar-refractivity contribution in [1.29, 1.82) is 0 Å². The van der Waals surface area contributed by atoms with Gasteiger partial charge in [-0.3, -0.25) is 0 Å². The Balaban J connectivity index is 1.03. The summed E-state index contributed by atoms with van der Waals surface area (Å²) < 4.78 is 13.0. The largest absolute Gasteiger partial charge is 0.456 e. The van der Waals surface area contributed by atoms with Gasteiger partial charge in [0.2, 0.25) is 0 Å². The lowest BCUT2D eigenvalue weighted by atomic mass is 9.99. The van der Waals surface area contributed by atoms with Crippen molar-refractivity contribution in [3.8, 4) is 56.4 Å². The molecule has 12 rings (SSSR count). The minimum atomic E-state index is 0.574. The normalized spacial score (nSPS) is 11.8. The Kier molecular flexibility index (Phi) is 7.16. The Morgan fingerprint density at radius 1 is 0.293 bits per heavy atom. The molecule has 270 valence electrons. The van der Waals surface area contributed by atoms with Crippen LogP contribution in [0.4, 0.5) is 0 Å². The molecule has 9 aromatic carbocycles. The molecule has 3 aromatic heterocycles. The number of furan rings is 2. The fourth-order valence-corrected chi connectivity index (χ4v) is 8.42. The van der Waals surface area contributed by atoms with Crippen LogP contribution in [0.5, 0.6) is 0 Å². The first kappa shape index (κ1) is 32.4. The zero-order valence-corrected chi connectivity index (χ0v) is 31.1. The highest BCUT2D eigenvalue weighted by atomic mass is 16.3. The summed E-state index contributed by atoms with van der Waals surface area (Å²) in [5.41, 5.74) is 10.3. The summed E-state index contributed by atoms with van der Waals surface area (Å²) in [6.45, 7) is 0. The van der Waals surface area contributed by atoms with Gasteiger partial charge in [0.15, 0.2) is 17.5 Å². The lowest BCUT2D eigenvalue weighted by Crippen LogP contribution is -2.00. The molecule has 0 aliphatic rings. The molecule has 0 bridgehead atoms. The first-order valence-electron chi connectivity index (χ1n) is 19.4. The van der Waals surface area contributed by atoms with Crippen LogP contribution in [-0.4, -0.2) is 15.0 Å². The Hall–Kier alpha value is -7.89. The Morgan fingerprint density at radius 2 is 0.845 bits per heavy atom. The van der Waals surface area contributed by atoms with E-state index in [1.807, 2.05) is 36.4 Å². The van der Waals surface area contributed by atoms with Gasteiger partial charge in [-0.05, 0) is 74.6 Å². The average Bonchev–Trinajstić information content (AvgIpc) is 3.87. The van der Waals surface area contributed by atoms with E-state index in [4.69, 9.17) is 23.8 Å². The maximum Gasteiger partial charge on any atom is 0.164 e. The summed E-state index contributed by atoms with van der Waals surface area (Å²) in [5.74, 6) is 1.77. The molecule has 0 fully saturated rings. The highest BCUT2D eigenvalue weighted by molar-refractivity contribution is 6.14. The second-order valence-corrected chi connectivity index (χ2v) is 14.8. The molecule has 0 aliphatic heterocycles. The number of hydrogen-bond donors (Lipinski definition) is 0. The second-order valence-electron chi connectivity index (χ2n) is 14.8. The Labute approximate surface area is 332 Å². The molecule has 58 heavy (non-hydrogen) atoms. The molecule has 0 saturated carbocycles. The summed E-state index contributed by atoms with van der Waals surface area (Å²) in [4.78, 5) is 15.5. The van der Waals surface area contributed by atoms with E-state index < -0.39 is 0 Å². The molecular weight excluding hydrogens is 711 g/mol. The van der Waals surface area contributed by atoms with Crippen molar-refractivity contribution in [3.05, 3.63) is 188 Å². The van der Waals surface area contributed by atoms with Crippen LogP contribution in [0.2, 0.25) is 0 Å². The number of aromatic nitrogens is 3. The van der Waals surface area contributed by atoms with Crippen LogP contribution in [0.1, 0.15) is 0 Å². The molecule has 12 aromatic rings. The van der Waals surface area contributed by atoms with E-state index in [9.17, 15) is 0 Å². The van der Waals surface area contributed by atoms with Crippen LogP contribution in [0.3, 0.4) is 0 Å². The second kappa shape index (κ2) is 12.8. The predicted octanol–water partition coefficient (Wildman–Crippen LogP) is 14.3. The third kappa shape index (κ3) is 5.29. The first-order chi connectivity index (χ1) is 28.7. The van der Waals surface area contributed by atoms with Crippen LogP contribution < -0.4 is 0 Å². The standard InChI is InChI=1S/C53H31N3O2/c1-3-11-36-29-38(25-21-32(36)9-1)34-19-23-35(24-20-34)51-54-52(40-26-22-33-10-2-4-12-37(33)30-40)56-53(55-51)44-16-8-18-48-49(44)45-31-39(27-28-47(45)57-48)41-14-7-15-43-42-13-5-6-17-46(42)58-50(41)43/h1-31H. The molecule has 0 amide bonds. The number of rotatable bonds is 5. The molecule has 0 N–H and O–H groups in total. The number of hydrogen-bond acceptors (Lipinski definition) is 5. The molecule has 0 saturated heterocycles.